The van der Waals surface area contributed by atoms with E-state index < -0.39 is 97.5 Å². The Morgan fingerprint density at radius 1 is 0.290 bits per heavy atom. The van der Waals surface area contributed by atoms with E-state index in [0.29, 0.717) is 25.7 Å². The zero-order valence-corrected chi connectivity index (χ0v) is 64.4. The van der Waals surface area contributed by atoms with Crippen LogP contribution in [-0.4, -0.2) is 96.7 Å². The van der Waals surface area contributed by atoms with Gasteiger partial charge in [0.25, 0.3) is 0 Å². The molecule has 19 heteroatoms. The number of ether oxygens (including phenoxy) is 4. The number of rotatable bonds is 72. The average molecular weight is 1450 g/mol. The first-order chi connectivity index (χ1) is 48.7. The number of unbranched alkanes of at least 4 members (excludes halogenated alkanes) is 26. The summed E-state index contributed by atoms with van der Waals surface area (Å²) in [5, 5.41) is 10.6. The molecule has 100 heavy (non-hydrogen) atoms. The van der Waals surface area contributed by atoms with E-state index in [9.17, 15) is 43.2 Å². The Hall–Kier alpha value is -4.54. The molecule has 0 spiro atoms. The van der Waals surface area contributed by atoms with Crippen molar-refractivity contribution in [1.29, 1.82) is 0 Å². The van der Waals surface area contributed by atoms with E-state index in [1.165, 1.54) is 44.9 Å². The van der Waals surface area contributed by atoms with Crippen LogP contribution in [0.3, 0.4) is 0 Å². The maximum atomic E-state index is 13.1. The molecule has 0 saturated carbocycles. The Morgan fingerprint density at radius 2 is 0.540 bits per heavy atom. The van der Waals surface area contributed by atoms with Gasteiger partial charge in [-0.15, -0.1) is 0 Å². The average Bonchev–Trinajstić information content (AvgIpc) is 0.935. The van der Waals surface area contributed by atoms with Crippen molar-refractivity contribution in [3.05, 3.63) is 122 Å². The van der Waals surface area contributed by atoms with E-state index in [1.807, 2.05) is 0 Å². The molecule has 0 aromatic carbocycles. The lowest BCUT2D eigenvalue weighted by Gasteiger charge is -2.21. The summed E-state index contributed by atoms with van der Waals surface area (Å²) >= 11 is 0. The van der Waals surface area contributed by atoms with Crippen molar-refractivity contribution in [2.45, 2.75) is 329 Å². The van der Waals surface area contributed by atoms with Crippen molar-refractivity contribution in [3.63, 3.8) is 0 Å². The molecule has 0 fully saturated rings. The standard InChI is InChI=1S/C81H138O17P2/c1-5-9-13-17-21-25-29-33-35-36-37-38-40-44-46-50-54-58-62-66-79(84)92-72-77(98-81(86)68-64-60-56-52-48-42-32-28-24-20-16-12-8-4)74-96-100(89,90)94-70-75(82)69-93-99(87,88)95-73-76(97-80(85)67-63-59-55-51-47-41-31-27-23-19-15-11-7-3)71-91-78(83)65-61-57-53-49-45-43-39-34-30-26-22-18-14-10-6-2/h9,13,15,19,21-22,25-28,31-35,37-39,44,46,75-77,82H,5-8,10-12,14,16-18,20,23-24,29-30,36,40-43,45,47-74H2,1-4H3,(H,87,88)(H,89,90)/b13-9-,19-15-,25-21-,26-22-,31-27-,32-28-,35-33-,38-37-,39-34-,46-44-. The molecular formula is C81H138O17P2. The van der Waals surface area contributed by atoms with Crippen molar-refractivity contribution < 1.29 is 80.2 Å². The molecular weight excluding hydrogens is 1310 g/mol. The monoisotopic (exact) mass is 1440 g/mol. The van der Waals surface area contributed by atoms with Crippen LogP contribution >= 0.6 is 15.6 Å². The first kappa shape index (κ1) is 95.5. The number of aliphatic hydroxyl groups excluding tert-OH is 1. The van der Waals surface area contributed by atoms with Gasteiger partial charge in [0.1, 0.15) is 19.3 Å². The normalized spacial score (nSPS) is 14.6. The highest BCUT2D eigenvalue weighted by molar-refractivity contribution is 7.47. The van der Waals surface area contributed by atoms with Crippen LogP contribution < -0.4 is 0 Å². The zero-order valence-electron chi connectivity index (χ0n) is 62.6. The van der Waals surface area contributed by atoms with Crippen molar-refractivity contribution in [2.24, 2.45) is 0 Å². The molecule has 0 aliphatic rings. The Bertz CT molecular complexity index is 2370. The first-order valence-corrected chi connectivity index (χ1v) is 41.8. The van der Waals surface area contributed by atoms with Gasteiger partial charge >= 0.3 is 39.5 Å². The number of esters is 4. The van der Waals surface area contributed by atoms with Crippen LogP contribution in [0.25, 0.3) is 0 Å². The second kappa shape index (κ2) is 72.8. The predicted molar refractivity (Wildman–Crippen MR) is 408 cm³/mol. The molecule has 0 radical (unpaired) electrons. The van der Waals surface area contributed by atoms with Crippen LogP contribution in [0.15, 0.2) is 122 Å². The fraction of sp³-hybridized carbons (Fsp3) is 0.704. The van der Waals surface area contributed by atoms with Crippen LogP contribution in [0.5, 0.6) is 0 Å². The Morgan fingerprint density at radius 3 is 0.880 bits per heavy atom. The first-order valence-electron chi connectivity index (χ1n) is 38.8. The SMILES string of the molecule is CC/C=C\C/C=C\C/C=C\C/C=C\C/C=C\CCCCCC(=O)OCC(COP(=O)(O)OCC(O)COP(=O)(O)OCC(COC(=O)CCCCCCC/C=C\C/C=C\CCCCC)OC(=O)CCCCCCC/C=C\C/C=C\CCC)OC(=O)CCCCCCC/C=C\CCCCCC. The summed E-state index contributed by atoms with van der Waals surface area (Å²) in [6.45, 7) is 4.58. The van der Waals surface area contributed by atoms with Crippen molar-refractivity contribution in [3.8, 4) is 0 Å². The molecule has 0 aromatic heterocycles. The maximum Gasteiger partial charge on any atom is 0.472 e. The topological polar surface area (TPSA) is 237 Å². The zero-order chi connectivity index (χ0) is 73.2. The second-order valence-corrected chi connectivity index (χ2v) is 28.5. The van der Waals surface area contributed by atoms with Crippen LogP contribution in [0.1, 0.15) is 310 Å². The highest BCUT2D eigenvalue weighted by atomic mass is 31.2. The largest absolute Gasteiger partial charge is 0.472 e. The summed E-state index contributed by atoms with van der Waals surface area (Å²) in [4.78, 5) is 72.9. The Labute approximate surface area is 606 Å². The van der Waals surface area contributed by atoms with Crippen molar-refractivity contribution in [2.75, 3.05) is 39.6 Å². The van der Waals surface area contributed by atoms with Crippen molar-refractivity contribution in [1.82, 2.24) is 0 Å². The molecule has 0 aliphatic carbocycles. The highest BCUT2D eigenvalue weighted by Crippen LogP contribution is 2.45. The summed E-state index contributed by atoms with van der Waals surface area (Å²) in [5.41, 5.74) is 0. The van der Waals surface area contributed by atoms with Gasteiger partial charge in [0, 0.05) is 25.7 Å². The predicted octanol–water partition coefficient (Wildman–Crippen LogP) is 22.3. The molecule has 0 saturated heterocycles. The van der Waals surface area contributed by atoms with Crippen LogP contribution in [0.2, 0.25) is 0 Å². The lowest BCUT2D eigenvalue weighted by Crippen LogP contribution is -2.30. The minimum Gasteiger partial charge on any atom is -0.462 e. The number of carbonyl (C=O) groups is 4. The molecule has 0 aliphatic heterocycles. The molecule has 0 bridgehead atoms. The number of carbonyl (C=O) groups excluding carboxylic acids is 4. The van der Waals surface area contributed by atoms with E-state index in [4.69, 9.17) is 37.0 Å². The third-order valence-electron chi connectivity index (χ3n) is 15.9. The molecule has 0 heterocycles. The summed E-state index contributed by atoms with van der Waals surface area (Å²) in [5.74, 6) is -2.25. The van der Waals surface area contributed by atoms with E-state index >= 15 is 0 Å². The molecule has 0 amide bonds. The maximum absolute atomic E-state index is 13.1. The van der Waals surface area contributed by atoms with Crippen LogP contribution in [0, 0.1) is 0 Å². The second-order valence-electron chi connectivity index (χ2n) is 25.6. The summed E-state index contributed by atoms with van der Waals surface area (Å²) < 4.78 is 68.4. The van der Waals surface area contributed by atoms with Gasteiger partial charge in [0.05, 0.1) is 26.4 Å². The van der Waals surface area contributed by atoms with Gasteiger partial charge in [-0.3, -0.25) is 37.3 Å². The van der Waals surface area contributed by atoms with E-state index in [2.05, 4.69) is 149 Å². The van der Waals surface area contributed by atoms with Gasteiger partial charge in [-0.1, -0.05) is 252 Å². The number of phosphoric ester groups is 2. The fourth-order valence-electron chi connectivity index (χ4n) is 9.96. The number of aliphatic hydroxyl groups is 1. The van der Waals surface area contributed by atoms with E-state index in [0.717, 1.165) is 186 Å². The number of allylic oxidation sites excluding steroid dienone is 20. The van der Waals surface area contributed by atoms with Crippen LogP contribution in [0.4, 0.5) is 0 Å². The summed E-state index contributed by atoms with van der Waals surface area (Å²) in [6, 6.07) is 0. The molecule has 574 valence electrons. The van der Waals surface area contributed by atoms with Gasteiger partial charge in [-0.2, -0.15) is 0 Å². The van der Waals surface area contributed by atoms with E-state index in [1.54, 1.807) is 0 Å². The summed E-state index contributed by atoms with van der Waals surface area (Å²) in [7, 11) is -9.97. The number of phosphoric acid groups is 2. The Balaban J connectivity index is 5.38. The molecule has 0 aromatic rings. The van der Waals surface area contributed by atoms with Gasteiger partial charge in [0.15, 0.2) is 12.2 Å². The minimum absolute atomic E-state index is 0.0734. The third-order valence-corrected chi connectivity index (χ3v) is 17.8. The van der Waals surface area contributed by atoms with Gasteiger partial charge in [0.2, 0.25) is 0 Å². The Kier molecular flexibility index (Phi) is 69.5. The van der Waals surface area contributed by atoms with E-state index in [-0.39, 0.29) is 25.7 Å². The fourth-order valence-corrected chi connectivity index (χ4v) is 11.5. The van der Waals surface area contributed by atoms with Gasteiger partial charge in [-0.05, 0) is 154 Å². The molecule has 17 nitrogen and oxygen atoms in total. The van der Waals surface area contributed by atoms with Crippen molar-refractivity contribution >= 4 is 39.5 Å². The molecule has 3 N–H and O–H groups in total. The molecule has 0 rings (SSSR count). The third kappa shape index (κ3) is 71.8. The smallest absolute Gasteiger partial charge is 0.462 e. The highest BCUT2D eigenvalue weighted by Gasteiger charge is 2.30. The van der Waals surface area contributed by atoms with Gasteiger partial charge in [-0.25, -0.2) is 9.13 Å². The lowest BCUT2D eigenvalue weighted by molar-refractivity contribution is -0.161. The number of hydrogen-bond acceptors (Lipinski definition) is 15. The van der Waals surface area contributed by atoms with Crippen LogP contribution in [-0.2, 0) is 65.4 Å². The molecule has 5 atom stereocenters. The molecule has 5 unspecified atom stereocenters. The quantitative estimate of drug-likeness (QED) is 0.0169. The number of hydrogen-bond donors (Lipinski definition) is 3. The minimum atomic E-state index is -4.99. The summed E-state index contributed by atoms with van der Waals surface area (Å²) in [6.07, 6.45) is 79.0. The van der Waals surface area contributed by atoms with Gasteiger partial charge < -0.3 is 33.8 Å². The lowest BCUT2D eigenvalue weighted by atomic mass is 10.1.